The van der Waals surface area contributed by atoms with Gasteiger partial charge >= 0.3 is 0 Å². The van der Waals surface area contributed by atoms with Crippen LogP contribution < -0.4 is 9.64 Å². The molecule has 1 amide bonds. The summed E-state index contributed by atoms with van der Waals surface area (Å²) >= 11 is 1.53. The largest absolute Gasteiger partial charge is 0.497 e. The highest BCUT2D eigenvalue weighted by molar-refractivity contribution is 8.14. The summed E-state index contributed by atoms with van der Waals surface area (Å²) in [4.78, 5) is 23.7. The van der Waals surface area contributed by atoms with Crippen LogP contribution in [0.3, 0.4) is 0 Å². The molecule has 0 radical (unpaired) electrons. The number of anilines is 1. The van der Waals surface area contributed by atoms with Gasteiger partial charge in [-0.2, -0.15) is 5.10 Å². The lowest BCUT2D eigenvalue weighted by atomic mass is 10.1. The Bertz CT molecular complexity index is 1120. The normalized spacial score (nSPS) is 14.9. The van der Waals surface area contributed by atoms with Crippen molar-refractivity contribution < 1.29 is 9.53 Å². The lowest BCUT2D eigenvalue weighted by Crippen LogP contribution is -2.30. The zero-order valence-electron chi connectivity index (χ0n) is 17.6. The first-order chi connectivity index (χ1) is 15.0. The molecule has 158 valence electrons. The average molecular weight is 434 g/mol. The Balaban J connectivity index is 1.63. The standard InChI is InChI=1S/C23H23N5O2S/c1-16-10-17(2)12-19(11-16)28-22(29)21(13-18-4-6-20(30-3)7-5-18)26-23(28)31-9-8-27-15-24-14-25-27/h4-7,10-15H,8-9H2,1-3H3/b21-13-. The number of hydrogen-bond acceptors (Lipinski definition) is 6. The van der Waals surface area contributed by atoms with Gasteiger partial charge in [-0.1, -0.05) is 30.0 Å². The van der Waals surface area contributed by atoms with Crippen LogP contribution >= 0.6 is 11.8 Å². The summed E-state index contributed by atoms with van der Waals surface area (Å²) in [6.45, 7) is 4.73. The molecule has 0 aliphatic carbocycles. The molecule has 1 aliphatic rings. The van der Waals surface area contributed by atoms with Gasteiger partial charge in [0.25, 0.3) is 5.91 Å². The summed E-state index contributed by atoms with van der Waals surface area (Å²) in [6, 6.07) is 13.7. The van der Waals surface area contributed by atoms with Crippen LogP contribution in [0.1, 0.15) is 16.7 Å². The van der Waals surface area contributed by atoms with E-state index in [-0.39, 0.29) is 5.91 Å². The first kappa shape index (κ1) is 20.9. The van der Waals surface area contributed by atoms with E-state index in [2.05, 4.69) is 21.1 Å². The number of aliphatic imine (C=N–C) groups is 1. The second kappa shape index (κ2) is 9.18. The summed E-state index contributed by atoms with van der Waals surface area (Å²) in [6.07, 6.45) is 5.00. The van der Waals surface area contributed by atoms with E-state index in [0.717, 1.165) is 28.1 Å². The number of amidine groups is 1. The first-order valence-corrected chi connectivity index (χ1v) is 10.8. The maximum Gasteiger partial charge on any atom is 0.283 e. The molecule has 3 aromatic rings. The number of amides is 1. The minimum absolute atomic E-state index is 0.135. The smallest absolute Gasteiger partial charge is 0.283 e. The third-order valence-electron chi connectivity index (χ3n) is 4.73. The maximum atomic E-state index is 13.3. The van der Waals surface area contributed by atoms with Gasteiger partial charge in [0.2, 0.25) is 0 Å². The Hall–Kier alpha value is -3.39. The second-order valence-corrected chi connectivity index (χ2v) is 8.25. The van der Waals surface area contributed by atoms with Gasteiger partial charge in [0.1, 0.15) is 24.1 Å². The molecule has 31 heavy (non-hydrogen) atoms. The van der Waals surface area contributed by atoms with Crippen molar-refractivity contribution in [3.8, 4) is 5.75 Å². The van der Waals surface area contributed by atoms with E-state index < -0.39 is 0 Å². The number of carbonyl (C=O) groups excluding carboxylic acids is 1. The molecule has 0 N–H and O–H groups in total. The van der Waals surface area contributed by atoms with Crippen molar-refractivity contribution in [2.75, 3.05) is 17.8 Å². The minimum Gasteiger partial charge on any atom is -0.497 e. The average Bonchev–Trinajstić information content (AvgIpc) is 3.36. The van der Waals surface area contributed by atoms with E-state index in [1.807, 2.05) is 56.3 Å². The van der Waals surface area contributed by atoms with Gasteiger partial charge in [0.15, 0.2) is 5.17 Å². The number of nitrogens with zero attached hydrogens (tertiary/aromatic N) is 5. The van der Waals surface area contributed by atoms with Gasteiger partial charge in [-0.05, 0) is 60.9 Å². The van der Waals surface area contributed by atoms with Gasteiger partial charge < -0.3 is 4.74 Å². The molecule has 0 bridgehead atoms. The van der Waals surface area contributed by atoms with Crippen molar-refractivity contribution in [2.24, 2.45) is 4.99 Å². The molecule has 0 atom stereocenters. The van der Waals surface area contributed by atoms with Crippen molar-refractivity contribution in [3.63, 3.8) is 0 Å². The third-order valence-corrected chi connectivity index (χ3v) is 5.65. The number of rotatable bonds is 6. The topological polar surface area (TPSA) is 72.6 Å². The molecule has 0 saturated carbocycles. The number of benzene rings is 2. The Kier molecular flexibility index (Phi) is 6.18. The molecule has 0 spiro atoms. The number of methoxy groups -OCH3 is 1. The van der Waals surface area contributed by atoms with Crippen molar-refractivity contribution in [3.05, 3.63) is 77.5 Å². The molecule has 0 unspecified atom stereocenters. The highest BCUT2D eigenvalue weighted by Crippen LogP contribution is 2.31. The molecular formula is C23H23N5O2S. The lowest BCUT2D eigenvalue weighted by Gasteiger charge is -2.19. The van der Waals surface area contributed by atoms with E-state index in [0.29, 0.717) is 23.2 Å². The van der Waals surface area contributed by atoms with Crippen LogP contribution in [-0.4, -0.2) is 38.7 Å². The van der Waals surface area contributed by atoms with Gasteiger partial charge in [0.05, 0.1) is 19.3 Å². The van der Waals surface area contributed by atoms with Crippen LogP contribution in [0.5, 0.6) is 5.75 Å². The van der Waals surface area contributed by atoms with Gasteiger partial charge in [-0.25, -0.2) is 9.98 Å². The predicted molar refractivity (Wildman–Crippen MR) is 124 cm³/mol. The summed E-state index contributed by atoms with van der Waals surface area (Å²) in [5, 5.41) is 4.79. The number of aromatic nitrogens is 3. The fourth-order valence-electron chi connectivity index (χ4n) is 3.34. The highest BCUT2D eigenvalue weighted by atomic mass is 32.2. The summed E-state index contributed by atoms with van der Waals surface area (Å²) in [5.74, 6) is 1.35. The second-order valence-electron chi connectivity index (χ2n) is 7.19. The monoisotopic (exact) mass is 433 g/mol. The van der Waals surface area contributed by atoms with E-state index in [9.17, 15) is 4.79 Å². The highest BCUT2D eigenvalue weighted by Gasteiger charge is 2.32. The molecule has 7 nitrogen and oxygen atoms in total. The molecule has 2 aromatic carbocycles. The molecule has 8 heteroatoms. The Morgan fingerprint density at radius 3 is 2.48 bits per heavy atom. The molecule has 4 rings (SSSR count). The third kappa shape index (κ3) is 4.86. The van der Waals surface area contributed by atoms with Crippen molar-refractivity contribution >= 4 is 34.6 Å². The van der Waals surface area contributed by atoms with E-state index in [4.69, 9.17) is 4.74 Å². The van der Waals surface area contributed by atoms with Gasteiger partial charge in [-0.15, -0.1) is 0 Å². The number of carbonyl (C=O) groups is 1. The zero-order chi connectivity index (χ0) is 21.8. The zero-order valence-corrected chi connectivity index (χ0v) is 18.5. The number of ether oxygens (including phenoxy) is 1. The first-order valence-electron chi connectivity index (χ1n) is 9.86. The van der Waals surface area contributed by atoms with E-state index in [1.165, 1.54) is 18.1 Å². The van der Waals surface area contributed by atoms with Crippen LogP contribution in [0.2, 0.25) is 0 Å². The Morgan fingerprint density at radius 1 is 1.10 bits per heavy atom. The van der Waals surface area contributed by atoms with Crippen molar-refractivity contribution in [2.45, 2.75) is 20.4 Å². The quantitative estimate of drug-likeness (QED) is 0.548. The van der Waals surface area contributed by atoms with E-state index in [1.54, 1.807) is 23.0 Å². The Morgan fingerprint density at radius 2 is 1.84 bits per heavy atom. The molecular weight excluding hydrogens is 410 g/mol. The van der Waals surface area contributed by atoms with Crippen molar-refractivity contribution in [1.29, 1.82) is 0 Å². The van der Waals surface area contributed by atoms with Crippen LogP contribution in [0.15, 0.2) is 65.8 Å². The molecule has 1 aliphatic heterocycles. The van der Waals surface area contributed by atoms with Gasteiger partial charge in [-0.3, -0.25) is 14.4 Å². The molecule has 1 aromatic heterocycles. The number of thioether (sulfide) groups is 1. The summed E-state index contributed by atoms with van der Waals surface area (Å²) < 4.78 is 6.97. The maximum absolute atomic E-state index is 13.3. The summed E-state index contributed by atoms with van der Waals surface area (Å²) in [7, 11) is 1.63. The Labute approximate surface area is 185 Å². The lowest BCUT2D eigenvalue weighted by molar-refractivity contribution is -0.113. The molecule has 0 saturated heterocycles. The van der Waals surface area contributed by atoms with Crippen molar-refractivity contribution in [1.82, 2.24) is 14.8 Å². The minimum atomic E-state index is -0.135. The summed E-state index contributed by atoms with van der Waals surface area (Å²) in [5.41, 5.74) is 4.33. The van der Waals surface area contributed by atoms with E-state index >= 15 is 0 Å². The fraction of sp³-hybridized carbons (Fsp3) is 0.217. The number of aryl methyl sites for hydroxylation is 3. The van der Waals surface area contributed by atoms with Crippen LogP contribution in [-0.2, 0) is 11.3 Å². The van der Waals surface area contributed by atoms with Crippen LogP contribution in [0.4, 0.5) is 5.69 Å². The van der Waals surface area contributed by atoms with Crippen LogP contribution in [0.25, 0.3) is 6.08 Å². The SMILES string of the molecule is COc1ccc(/C=C2\N=C(SCCn3cncn3)N(c3cc(C)cc(C)c3)C2=O)cc1. The van der Waals surface area contributed by atoms with Gasteiger partial charge in [0, 0.05) is 5.75 Å². The molecule has 2 heterocycles. The predicted octanol–water partition coefficient (Wildman–Crippen LogP) is 4.08. The number of hydrogen-bond donors (Lipinski definition) is 0. The van der Waals surface area contributed by atoms with Crippen LogP contribution in [0, 0.1) is 13.8 Å². The molecule has 0 fully saturated rings. The fourth-order valence-corrected chi connectivity index (χ4v) is 4.28.